The lowest BCUT2D eigenvalue weighted by atomic mass is 9.84. The van der Waals surface area contributed by atoms with Gasteiger partial charge in [0.05, 0.1) is 19.8 Å². The topological polar surface area (TPSA) is 34.2 Å². The van der Waals surface area contributed by atoms with E-state index in [2.05, 4.69) is 113 Å². The molecule has 5 heteroatoms. The van der Waals surface area contributed by atoms with Crippen LogP contribution in [0.1, 0.15) is 35.4 Å². The first kappa shape index (κ1) is 22.7. The molecule has 182 valence electrons. The zero-order valence-electron chi connectivity index (χ0n) is 20.6. The van der Waals surface area contributed by atoms with Crippen LogP contribution in [0.5, 0.6) is 11.5 Å². The maximum atomic E-state index is 6.90. The molecule has 0 amide bonds. The van der Waals surface area contributed by atoms with Crippen molar-refractivity contribution in [1.82, 2.24) is 5.06 Å². The number of anilines is 1. The molecule has 5 nitrogen and oxygen atoms in total. The molecule has 6 rings (SSSR count). The van der Waals surface area contributed by atoms with Gasteiger partial charge in [-0.3, -0.25) is 4.84 Å². The van der Waals surface area contributed by atoms with Crippen molar-refractivity contribution in [3.05, 3.63) is 126 Å². The molecule has 0 saturated carbocycles. The average Bonchev–Trinajstić information content (AvgIpc) is 3.49. The summed E-state index contributed by atoms with van der Waals surface area (Å²) in [6.07, 6.45) is 0.668. The van der Waals surface area contributed by atoms with Gasteiger partial charge < -0.3 is 14.4 Å². The number of hydrogen-bond donors (Lipinski definition) is 0. The van der Waals surface area contributed by atoms with Gasteiger partial charge in [0, 0.05) is 18.7 Å². The Bertz CT molecular complexity index is 1320. The molecule has 36 heavy (non-hydrogen) atoms. The molecule has 0 radical (unpaired) electrons. The van der Waals surface area contributed by atoms with E-state index in [-0.39, 0.29) is 17.8 Å². The van der Waals surface area contributed by atoms with Crippen LogP contribution in [0.15, 0.2) is 109 Å². The Kier molecular flexibility index (Phi) is 5.88. The Morgan fingerprint density at radius 3 is 2.03 bits per heavy atom. The molecule has 3 atom stereocenters. The number of hydrogen-bond acceptors (Lipinski definition) is 5. The summed E-state index contributed by atoms with van der Waals surface area (Å²) in [6.45, 7) is 0.795. The Balaban J connectivity index is 1.51. The van der Waals surface area contributed by atoms with Crippen LogP contribution in [-0.2, 0) is 10.4 Å². The maximum absolute atomic E-state index is 6.90. The van der Waals surface area contributed by atoms with E-state index in [1.165, 1.54) is 11.1 Å². The number of fused-ring (bicyclic) bond motifs is 1. The number of nitrogens with zero attached hydrogens (tertiary/aromatic N) is 2. The van der Waals surface area contributed by atoms with Gasteiger partial charge in [0.2, 0.25) is 0 Å². The monoisotopic (exact) mass is 478 g/mol. The molecule has 0 spiro atoms. The highest BCUT2D eigenvalue weighted by molar-refractivity contribution is 5.54. The Labute approximate surface area is 212 Å². The minimum atomic E-state index is -0.324. The van der Waals surface area contributed by atoms with Crippen molar-refractivity contribution < 1.29 is 14.3 Å². The number of rotatable bonds is 6. The lowest BCUT2D eigenvalue weighted by Crippen LogP contribution is -2.37. The number of ether oxygens (including phenoxy) is 2. The molecule has 2 aliphatic heterocycles. The van der Waals surface area contributed by atoms with E-state index in [1.54, 1.807) is 14.2 Å². The highest BCUT2D eigenvalue weighted by Crippen LogP contribution is 2.57. The highest BCUT2D eigenvalue weighted by Gasteiger charge is 2.59. The minimum absolute atomic E-state index is 0.0352. The van der Waals surface area contributed by atoms with Gasteiger partial charge in [-0.2, -0.15) is 0 Å². The number of benzene rings is 4. The molecule has 2 saturated heterocycles. The molecule has 0 aliphatic carbocycles. The van der Waals surface area contributed by atoms with Crippen LogP contribution in [0.25, 0.3) is 0 Å². The van der Waals surface area contributed by atoms with Crippen molar-refractivity contribution in [3.63, 3.8) is 0 Å². The fourth-order valence-corrected chi connectivity index (χ4v) is 5.70. The summed E-state index contributed by atoms with van der Waals surface area (Å²) in [7, 11) is 3.34. The standard InChI is InChI=1S/C31H30N2O3/c1-34-27-19-18-24(20-28(27)35-2)30-32(26-16-10-5-11-17-26)22-31(25-14-8-4-9-15-25)21-29(36-33(30)31)23-12-6-3-7-13-23/h3-20,29-30H,21-22H2,1-2H3/t29-,30+,31+/m0/s1. The number of methoxy groups -OCH3 is 2. The smallest absolute Gasteiger partial charge is 0.161 e. The van der Waals surface area contributed by atoms with Gasteiger partial charge in [0.1, 0.15) is 12.3 Å². The molecule has 2 aliphatic rings. The fraction of sp³-hybridized carbons (Fsp3) is 0.226. The Morgan fingerprint density at radius 2 is 1.36 bits per heavy atom. The van der Waals surface area contributed by atoms with Crippen LogP contribution in [-0.4, -0.2) is 25.8 Å². The van der Waals surface area contributed by atoms with Crippen molar-refractivity contribution in [2.75, 3.05) is 25.7 Å². The second-order valence-corrected chi connectivity index (χ2v) is 9.38. The van der Waals surface area contributed by atoms with Crippen LogP contribution in [0.4, 0.5) is 5.69 Å². The first-order chi connectivity index (χ1) is 17.7. The lowest BCUT2D eigenvalue weighted by Gasteiger charge is -2.33. The summed E-state index contributed by atoms with van der Waals surface area (Å²) >= 11 is 0. The second-order valence-electron chi connectivity index (χ2n) is 9.38. The van der Waals surface area contributed by atoms with Gasteiger partial charge in [-0.1, -0.05) is 84.9 Å². The van der Waals surface area contributed by atoms with Gasteiger partial charge >= 0.3 is 0 Å². The van der Waals surface area contributed by atoms with E-state index in [9.17, 15) is 0 Å². The summed E-state index contributed by atoms with van der Waals surface area (Å²) in [5.74, 6) is 1.42. The first-order valence-electron chi connectivity index (χ1n) is 12.3. The highest BCUT2D eigenvalue weighted by atomic mass is 16.7. The summed E-state index contributed by atoms with van der Waals surface area (Å²) in [6, 6.07) is 38.0. The second kappa shape index (κ2) is 9.34. The molecule has 0 unspecified atom stereocenters. The van der Waals surface area contributed by atoms with Crippen molar-refractivity contribution in [2.24, 2.45) is 0 Å². The van der Waals surface area contributed by atoms with E-state index < -0.39 is 0 Å². The third-order valence-corrected chi connectivity index (χ3v) is 7.41. The van der Waals surface area contributed by atoms with Crippen LogP contribution in [0, 0.1) is 0 Å². The van der Waals surface area contributed by atoms with Crippen molar-refractivity contribution in [3.8, 4) is 11.5 Å². The number of para-hydroxylation sites is 1. The van der Waals surface area contributed by atoms with Crippen molar-refractivity contribution >= 4 is 5.69 Å². The van der Waals surface area contributed by atoms with E-state index in [1.807, 2.05) is 6.07 Å². The van der Waals surface area contributed by atoms with Crippen molar-refractivity contribution in [2.45, 2.75) is 24.2 Å². The predicted octanol–water partition coefficient (Wildman–Crippen LogP) is 6.50. The molecular weight excluding hydrogens is 448 g/mol. The zero-order chi connectivity index (χ0) is 24.5. The first-order valence-corrected chi connectivity index (χ1v) is 12.3. The van der Waals surface area contributed by atoms with E-state index in [4.69, 9.17) is 14.3 Å². The summed E-state index contributed by atoms with van der Waals surface area (Å²) in [5, 5.41) is 2.23. The van der Waals surface area contributed by atoms with Gasteiger partial charge in [-0.05, 0) is 41.0 Å². The normalized spacial score (nSPS) is 23.4. The summed E-state index contributed by atoms with van der Waals surface area (Å²) < 4.78 is 11.2. The van der Waals surface area contributed by atoms with Gasteiger partial charge in [0.15, 0.2) is 11.5 Å². The van der Waals surface area contributed by atoms with Crippen LogP contribution in [0.2, 0.25) is 0 Å². The van der Waals surface area contributed by atoms with E-state index in [0.717, 1.165) is 24.2 Å². The lowest BCUT2D eigenvalue weighted by molar-refractivity contribution is -0.198. The molecule has 2 fully saturated rings. The molecule has 2 heterocycles. The molecular formula is C31H30N2O3. The van der Waals surface area contributed by atoms with Crippen LogP contribution < -0.4 is 14.4 Å². The summed E-state index contributed by atoms with van der Waals surface area (Å²) in [5.41, 5.74) is 4.37. The van der Waals surface area contributed by atoms with Crippen molar-refractivity contribution in [1.29, 1.82) is 0 Å². The molecule has 4 aromatic carbocycles. The van der Waals surface area contributed by atoms with Crippen LogP contribution in [0.3, 0.4) is 0 Å². The SMILES string of the molecule is COc1ccc([C@@H]2N(c3ccccc3)C[C@@]3(c4ccccc4)C[C@@H](c4ccccc4)ON23)cc1OC. The Morgan fingerprint density at radius 1 is 0.722 bits per heavy atom. The third-order valence-electron chi connectivity index (χ3n) is 7.41. The fourth-order valence-electron chi connectivity index (χ4n) is 5.70. The van der Waals surface area contributed by atoms with Gasteiger partial charge in [-0.15, -0.1) is 5.06 Å². The van der Waals surface area contributed by atoms with E-state index >= 15 is 0 Å². The number of hydroxylamine groups is 2. The average molecular weight is 479 g/mol. The maximum Gasteiger partial charge on any atom is 0.161 e. The quantitative estimate of drug-likeness (QED) is 0.316. The third kappa shape index (κ3) is 3.72. The van der Waals surface area contributed by atoms with Gasteiger partial charge in [-0.25, -0.2) is 0 Å². The summed E-state index contributed by atoms with van der Waals surface area (Å²) in [4.78, 5) is 9.34. The van der Waals surface area contributed by atoms with Gasteiger partial charge in [0.25, 0.3) is 0 Å². The molecule has 0 aromatic heterocycles. The minimum Gasteiger partial charge on any atom is -0.493 e. The molecule has 4 aromatic rings. The largest absolute Gasteiger partial charge is 0.493 e. The zero-order valence-corrected chi connectivity index (χ0v) is 20.6. The predicted molar refractivity (Wildman–Crippen MR) is 141 cm³/mol. The van der Waals surface area contributed by atoms with Crippen LogP contribution >= 0.6 is 0 Å². The Hall–Kier alpha value is -3.80. The molecule has 0 bridgehead atoms. The molecule has 0 N–H and O–H groups in total. The van der Waals surface area contributed by atoms with E-state index in [0.29, 0.717) is 11.5 Å².